The number of aromatic nitrogens is 2. The van der Waals surface area contributed by atoms with Crippen molar-refractivity contribution in [3.63, 3.8) is 0 Å². The van der Waals surface area contributed by atoms with Crippen LogP contribution >= 0.6 is 0 Å². The van der Waals surface area contributed by atoms with Crippen molar-refractivity contribution in [2.24, 2.45) is 7.05 Å². The molecule has 0 radical (unpaired) electrons. The number of hydrogen-bond donors (Lipinski definition) is 1. The summed E-state index contributed by atoms with van der Waals surface area (Å²) < 4.78 is 50.1. The molecule has 1 aromatic heterocycles. The van der Waals surface area contributed by atoms with Crippen molar-refractivity contribution in [1.29, 1.82) is 0 Å². The maximum Gasteiger partial charge on any atom is 0.241 e. The lowest BCUT2D eigenvalue weighted by Gasteiger charge is -2.26. The molecule has 40 heavy (non-hydrogen) atoms. The molecule has 3 aromatic carbocycles. The van der Waals surface area contributed by atoms with E-state index < -0.39 is 28.0 Å². The van der Waals surface area contributed by atoms with E-state index in [2.05, 4.69) is 9.71 Å². The van der Waals surface area contributed by atoms with E-state index in [1.165, 1.54) is 18.2 Å². The first-order valence-electron chi connectivity index (χ1n) is 13.0. The van der Waals surface area contributed by atoms with Crippen LogP contribution in [0.1, 0.15) is 47.5 Å². The first-order valence-corrected chi connectivity index (χ1v) is 14.5. The Kier molecular flexibility index (Phi) is 8.11. The Labute approximate surface area is 233 Å². The van der Waals surface area contributed by atoms with Crippen LogP contribution < -0.4 is 9.62 Å². The minimum absolute atomic E-state index is 0.109. The highest BCUT2D eigenvalue weighted by molar-refractivity contribution is 7.89. The van der Waals surface area contributed by atoms with Gasteiger partial charge in [-0.05, 0) is 59.9 Å². The van der Waals surface area contributed by atoms with Gasteiger partial charge in [0.15, 0.2) is 0 Å². The summed E-state index contributed by atoms with van der Waals surface area (Å²) in [4.78, 5) is 19.8. The van der Waals surface area contributed by atoms with Gasteiger partial charge in [0.2, 0.25) is 15.9 Å². The Balaban J connectivity index is 1.45. The summed E-state index contributed by atoms with van der Waals surface area (Å²) in [6.07, 6.45) is 4.41. The Bertz CT molecular complexity index is 1610. The average molecular weight is 563 g/mol. The summed E-state index contributed by atoms with van der Waals surface area (Å²) in [6, 6.07) is 19.7. The molecule has 0 spiro atoms. The molecule has 2 atom stereocenters. The van der Waals surface area contributed by atoms with Crippen LogP contribution in [0.25, 0.3) is 0 Å². The molecule has 1 amide bonds. The van der Waals surface area contributed by atoms with Crippen molar-refractivity contribution in [2.45, 2.75) is 42.8 Å². The molecular weight excluding hydrogens is 531 g/mol. The van der Waals surface area contributed by atoms with Gasteiger partial charge >= 0.3 is 0 Å². The summed E-state index contributed by atoms with van der Waals surface area (Å²) >= 11 is 0. The first-order chi connectivity index (χ1) is 19.2. The van der Waals surface area contributed by atoms with Crippen molar-refractivity contribution < 1.29 is 22.3 Å². The number of nitrogens with one attached hydrogen (secondary N) is 1. The van der Waals surface area contributed by atoms with Crippen LogP contribution in [0.5, 0.6) is 0 Å². The molecule has 10 heteroatoms. The molecule has 5 rings (SSSR count). The zero-order valence-electron chi connectivity index (χ0n) is 22.3. The maximum atomic E-state index is 13.8. The molecule has 0 saturated heterocycles. The average Bonchev–Trinajstić information content (AvgIpc) is 3.55. The minimum Gasteiger partial charge on any atom is -0.376 e. The van der Waals surface area contributed by atoms with E-state index >= 15 is 0 Å². The largest absolute Gasteiger partial charge is 0.376 e. The van der Waals surface area contributed by atoms with Gasteiger partial charge in [0.25, 0.3) is 0 Å². The number of imidazole rings is 1. The monoisotopic (exact) mass is 562 g/mol. The molecule has 0 unspecified atom stereocenters. The molecule has 1 heterocycles. The zero-order chi connectivity index (χ0) is 28.3. The number of ether oxygens (including phenoxy) is 1. The molecule has 1 aliphatic carbocycles. The van der Waals surface area contributed by atoms with E-state index in [1.807, 2.05) is 66.3 Å². The van der Waals surface area contributed by atoms with Crippen LogP contribution in [-0.2, 0) is 39.6 Å². The maximum absolute atomic E-state index is 13.8. The van der Waals surface area contributed by atoms with Crippen molar-refractivity contribution in [3.8, 4) is 0 Å². The van der Waals surface area contributed by atoms with E-state index in [0.717, 1.165) is 22.8 Å². The fourth-order valence-electron chi connectivity index (χ4n) is 5.06. The lowest BCUT2D eigenvalue weighted by Crippen LogP contribution is -2.33. The highest BCUT2D eigenvalue weighted by atomic mass is 32.2. The van der Waals surface area contributed by atoms with Crippen LogP contribution in [0.3, 0.4) is 0 Å². The van der Waals surface area contributed by atoms with Crippen LogP contribution in [0.2, 0.25) is 0 Å². The number of nitrogens with zero attached hydrogens (tertiary/aromatic N) is 3. The molecule has 0 bridgehead atoms. The number of halogens is 1. The van der Waals surface area contributed by atoms with E-state index in [0.29, 0.717) is 24.4 Å². The second-order valence-corrected chi connectivity index (χ2v) is 11.5. The number of amides is 1. The fourth-order valence-corrected chi connectivity index (χ4v) is 6.34. The van der Waals surface area contributed by atoms with Crippen molar-refractivity contribution in [1.82, 2.24) is 14.3 Å². The van der Waals surface area contributed by atoms with Crippen LogP contribution in [0, 0.1) is 5.82 Å². The summed E-state index contributed by atoms with van der Waals surface area (Å²) in [5.74, 6) is -0.0790. The molecule has 0 saturated carbocycles. The van der Waals surface area contributed by atoms with Crippen molar-refractivity contribution >= 4 is 21.6 Å². The molecular formula is C30H31FN4O4S. The van der Waals surface area contributed by atoms with Crippen LogP contribution in [0.15, 0.2) is 90.1 Å². The Morgan fingerprint density at radius 3 is 2.65 bits per heavy atom. The van der Waals surface area contributed by atoms with Gasteiger partial charge in [0.05, 0.1) is 24.0 Å². The normalized spacial score (nSPS) is 15.5. The number of benzene rings is 3. The van der Waals surface area contributed by atoms with Crippen LogP contribution in [0.4, 0.5) is 10.1 Å². The smallest absolute Gasteiger partial charge is 0.241 e. The minimum atomic E-state index is -3.96. The lowest BCUT2D eigenvalue weighted by molar-refractivity contribution is -0.121. The van der Waals surface area contributed by atoms with Gasteiger partial charge in [-0.15, -0.1) is 0 Å². The molecule has 208 valence electrons. The summed E-state index contributed by atoms with van der Waals surface area (Å²) in [5.41, 5.74) is 3.32. The van der Waals surface area contributed by atoms with Gasteiger partial charge in [0.1, 0.15) is 11.6 Å². The summed E-state index contributed by atoms with van der Waals surface area (Å²) in [7, 11) is -0.505. The van der Waals surface area contributed by atoms with Gasteiger partial charge in [0, 0.05) is 38.3 Å². The molecule has 1 N–H and O–H groups in total. The second-order valence-electron chi connectivity index (χ2n) is 9.83. The predicted molar refractivity (Wildman–Crippen MR) is 149 cm³/mol. The molecule has 0 fully saturated rings. The quantitative estimate of drug-likeness (QED) is 0.299. The third-order valence-electron chi connectivity index (χ3n) is 7.26. The summed E-state index contributed by atoms with van der Waals surface area (Å²) in [6.45, 7) is 0.228. The number of carbonyl (C=O) groups is 1. The van der Waals surface area contributed by atoms with Gasteiger partial charge in [-0.2, -0.15) is 0 Å². The van der Waals surface area contributed by atoms with E-state index in [9.17, 15) is 17.6 Å². The second kappa shape index (κ2) is 11.7. The predicted octanol–water partition coefficient (Wildman–Crippen LogP) is 4.84. The molecule has 1 aliphatic rings. The first kappa shape index (κ1) is 27.7. The molecule has 0 aliphatic heterocycles. The fraction of sp³-hybridized carbons (Fsp3) is 0.267. The highest BCUT2D eigenvalue weighted by Crippen LogP contribution is 2.36. The lowest BCUT2D eigenvalue weighted by atomic mass is 10.0. The van der Waals surface area contributed by atoms with Gasteiger partial charge in [-0.1, -0.05) is 42.5 Å². The van der Waals surface area contributed by atoms with Crippen molar-refractivity contribution in [2.75, 3.05) is 12.0 Å². The third-order valence-corrected chi connectivity index (χ3v) is 8.73. The Morgan fingerprint density at radius 2 is 1.95 bits per heavy atom. The summed E-state index contributed by atoms with van der Waals surface area (Å²) in [5, 5.41) is 0. The Hall–Kier alpha value is -3.86. The zero-order valence-corrected chi connectivity index (χ0v) is 23.1. The molecule has 8 nitrogen and oxygen atoms in total. The number of methoxy groups -OCH3 is 1. The number of carbonyl (C=O) groups excluding carboxylic acids is 1. The topological polar surface area (TPSA) is 93.5 Å². The number of fused-ring (bicyclic) bond motifs is 1. The standard InChI is InChI=1S/C30H31FN4O4S/c1-34-16-15-32-29(34)20-35(30(36)19-28(39-2)22-7-4-3-5-8-22)24-13-11-21-12-14-27(26(21)18-24)33-40(37,38)25-10-6-9-23(31)17-25/h3-11,13,15-18,27-28,33H,12,14,19-20H2,1-2H3/t27-,28-/m0/s1. The highest BCUT2D eigenvalue weighted by Gasteiger charge is 2.30. The number of aryl methyl sites for hydroxylation is 2. The number of hydrogen-bond acceptors (Lipinski definition) is 5. The number of anilines is 1. The molecule has 4 aromatic rings. The van der Waals surface area contributed by atoms with Gasteiger partial charge in [-0.25, -0.2) is 22.5 Å². The van der Waals surface area contributed by atoms with Crippen molar-refractivity contribution in [3.05, 3.63) is 114 Å². The van der Waals surface area contributed by atoms with Crippen LogP contribution in [-0.4, -0.2) is 31.0 Å². The van der Waals surface area contributed by atoms with Gasteiger partial charge < -0.3 is 14.2 Å². The SMILES string of the molecule is CO[C@@H](CC(=O)N(Cc1nccn1C)c1ccc2c(c1)[C@@H](NS(=O)(=O)c1cccc(F)c1)CC2)c1ccccc1. The van der Waals surface area contributed by atoms with E-state index in [4.69, 9.17) is 4.74 Å². The van der Waals surface area contributed by atoms with E-state index in [1.54, 1.807) is 18.2 Å². The van der Waals surface area contributed by atoms with E-state index in [-0.39, 0.29) is 23.8 Å². The Morgan fingerprint density at radius 1 is 1.15 bits per heavy atom. The van der Waals surface area contributed by atoms with Gasteiger partial charge in [-0.3, -0.25) is 4.79 Å². The third kappa shape index (κ3) is 5.99. The number of sulfonamides is 1. The number of rotatable bonds is 10.